The second-order valence-electron chi connectivity index (χ2n) is 8.47. The molecule has 0 saturated heterocycles. The minimum atomic E-state index is -4.36. The molecule has 0 fully saturated rings. The average Bonchev–Trinajstić information content (AvgIpc) is 3.29. The molecule has 1 heterocycles. The average molecular weight is 548 g/mol. The molecule has 0 aliphatic rings. The highest BCUT2D eigenvalue weighted by atomic mass is 35.5. The molecule has 3 aromatic carbocycles. The number of anilines is 2. The van der Waals surface area contributed by atoms with Crippen LogP contribution in [0, 0.1) is 0 Å². The second kappa shape index (κ2) is 13.2. The van der Waals surface area contributed by atoms with E-state index in [0.717, 1.165) is 28.9 Å². The number of hydrogen-bond donors (Lipinski definition) is 1. The molecule has 0 bridgehead atoms. The van der Waals surface area contributed by atoms with Crippen LogP contribution in [0.1, 0.15) is 17.0 Å². The van der Waals surface area contributed by atoms with Gasteiger partial charge in [-0.05, 0) is 54.1 Å². The number of benzene rings is 3. The molecule has 0 saturated carbocycles. The summed E-state index contributed by atoms with van der Waals surface area (Å²) >= 11 is 0. The van der Waals surface area contributed by atoms with E-state index in [0.29, 0.717) is 49.3 Å². The number of nitrogens with one attached hydrogen (secondary N) is 1. The maximum absolute atomic E-state index is 12.8. The maximum Gasteiger partial charge on any atom is 0.416 e. The summed E-state index contributed by atoms with van der Waals surface area (Å²) < 4.78 is 55.4. The van der Waals surface area contributed by atoms with Gasteiger partial charge in [-0.3, -0.25) is 0 Å². The number of alkyl halides is 3. The number of aromatic nitrogens is 1. The van der Waals surface area contributed by atoms with Crippen molar-refractivity contribution in [2.24, 2.45) is 0 Å². The minimum absolute atomic E-state index is 0. The lowest BCUT2D eigenvalue weighted by molar-refractivity contribution is -0.137. The molecule has 0 spiro atoms. The highest BCUT2D eigenvalue weighted by molar-refractivity contribution is 5.85. The Kier molecular flexibility index (Phi) is 10.0. The zero-order valence-corrected chi connectivity index (χ0v) is 21.8. The van der Waals surface area contributed by atoms with E-state index in [1.807, 2.05) is 67.5 Å². The van der Waals surface area contributed by atoms with E-state index >= 15 is 0 Å². The van der Waals surface area contributed by atoms with Gasteiger partial charge in [0.25, 0.3) is 0 Å². The Morgan fingerprint density at radius 2 is 1.74 bits per heavy atom. The molecule has 0 unspecified atom stereocenters. The number of ether oxygens (including phenoxy) is 2. The van der Waals surface area contributed by atoms with Gasteiger partial charge in [0, 0.05) is 44.2 Å². The van der Waals surface area contributed by atoms with E-state index in [2.05, 4.69) is 10.3 Å². The first kappa shape index (κ1) is 28.9. The minimum Gasteiger partial charge on any atom is -0.491 e. The van der Waals surface area contributed by atoms with E-state index in [4.69, 9.17) is 13.9 Å². The summed E-state index contributed by atoms with van der Waals surface area (Å²) in [6.07, 6.45) is -0.593. The van der Waals surface area contributed by atoms with Gasteiger partial charge in [0.1, 0.15) is 17.9 Å². The molecule has 0 atom stereocenters. The third kappa shape index (κ3) is 8.16. The number of nitrogens with zero attached hydrogens (tertiary/aromatic N) is 2. The lowest BCUT2D eigenvalue weighted by Gasteiger charge is -2.11. The zero-order valence-electron chi connectivity index (χ0n) is 21.0. The molecule has 10 heteroatoms. The number of hydrogen-bond acceptors (Lipinski definition) is 6. The van der Waals surface area contributed by atoms with Crippen molar-refractivity contribution in [3.05, 3.63) is 83.7 Å². The predicted molar refractivity (Wildman–Crippen MR) is 147 cm³/mol. The number of halogens is 4. The fourth-order valence-electron chi connectivity index (χ4n) is 3.53. The van der Waals surface area contributed by atoms with Crippen LogP contribution in [0.25, 0.3) is 23.3 Å². The second-order valence-corrected chi connectivity index (χ2v) is 8.47. The molecular weight excluding hydrogens is 519 g/mol. The van der Waals surface area contributed by atoms with Crippen molar-refractivity contribution in [2.75, 3.05) is 50.7 Å². The van der Waals surface area contributed by atoms with Gasteiger partial charge >= 0.3 is 6.18 Å². The standard InChI is InChI=1S/C28H28F3N3O3.ClH/c1-34(2)23-9-6-20(7-10-23)8-13-27-33-25-12-11-24(19-26(25)37-27)36-17-16-35-15-14-32-22-5-3-4-21(18-22)28(29,30)31;/h3-13,18-19,32H,14-17H2,1-2H3;1H/b13-8+;. The van der Waals surface area contributed by atoms with Crippen LogP contribution in [0.2, 0.25) is 0 Å². The summed E-state index contributed by atoms with van der Waals surface area (Å²) in [6.45, 7) is 1.36. The first-order valence-electron chi connectivity index (χ1n) is 11.8. The van der Waals surface area contributed by atoms with Crippen LogP contribution < -0.4 is 15.0 Å². The quantitative estimate of drug-likeness (QED) is 0.204. The van der Waals surface area contributed by atoms with Crippen LogP contribution in [0.15, 0.2) is 71.1 Å². The summed E-state index contributed by atoms with van der Waals surface area (Å²) in [7, 11) is 4.00. The Morgan fingerprint density at radius 3 is 2.47 bits per heavy atom. The van der Waals surface area contributed by atoms with Crippen molar-refractivity contribution < 1.29 is 27.1 Å². The van der Waals surface area contributed by atoms with Gasteiger partial charge in [0.15, 0.2) is 5.58 Å². The molecule has 0 amide bonds. The Morgan fingerprint density at radius 1 is 0.947 bits per heavy atom. The van der Waals surface area contributed by atoms with Gasteiger partial charge in [0.05, 0.1) is 18.8 Å². The van der Waals surface area contributed by atoms with Crippen molar-refractivity contribution >= 4 is 47.0 Å². The lowest BCUT2D eigenvalue weighted by atomic mass is 10.2. The first-order valence-corrected chi connectivity index (χ1v) is 11.8. The molecule has 4 rings (SSSR count). The SMILES string of the molecule is CN(C)c1ccc(/C=C/c2nc3ccc(OCCOCCNc4cccc(C(F)(F)F)c4)cc3o2)cc1.Cl. The fourth-order valence-corrected chi connectivity index (χ4v) is 3.53. The largest absolute Gasteiger partial charge is 0.491 e. The molecule has 1 N–H and O–H groups in total. The summed E-state index contributed by atoms with van der Waals surface area (Å²) in [5.74, 6) is 1.13. The van der Waals surface area contributed by atoms with Crippen molar-refractivity contribution in [3.8, 4) is 5.75 Å². The van der Waals surface area contributed by atoms with Crippen molar-refractivity contribution in [3.63, 3.8) is 0 Å². The van der Waals surface area contributed by atoms with Gasteiger partial charge in [-0.1, -0.05) is 18.2 Å². The van der Waals surface area contributed by atoms with E-state index in [-0.39, 0.29) is 12.4 Å². The maximum atomic E-state index is 12.8. The summed E-state index contributed by atoms with van der Waals surface area (Å²) in [5.41, 5.74) is 3.23. The Bertz CT molecular complexity index is 1340. The van der Waals surface area contributed by atoms with Crippen molar-refractivity contribution in [1.82, 2.24) is 4.98 Å². The van der Waals surface area contributed by atoms with Crippen LogP contribution in [0.4, 0.5) is 24.5 Å². The van der Waals surface area contributed by atoms with E-state index in [9.17, 15) is 13.2 Å². The molecule has 1 aromatic heterocycles. The number of oxazole rings is 1. The highest BCUT2D eigenvalue weighted by Gasteiger charge is 2.30. The van der Waals surface area contributed by atoms with Crippen LogP contribution in [-0.2, 0) is 10.9 Å². The Labute approximate surface area is 225 Å². The van der Waals surface area contributed by atoms with Crippen LogP contribution in [-0.4, -0.2) is 45.4 Å². The van der Waals surface area contributed by atoms with Gasteiger partial charge in [0.2, 0.25) is 5.89 Å². The smallest absolute Gasteiger partial charge is 0.416 e. The third-order valence-electron chi connectivity index (χ3n) is 5.47. The fraction of sp³-hybridized carbons (Fsp3) is 0.250. The van der Waals surface area contributed by atoms with Gasteiger partial charge in [-0.25, -0.2) is 4.98 Å². The third-order valence-corrected chi connectivity index (χ3v) is 5.47. The Hall–Kier alpha value is -3.69. The molecule has 38 heavy (non-hydrogen) atoms. The lowest BCUT2D eigenvalue weighted by Crippen LogP contribution is -2.14. The highest BCUT2D eigenvalue weighted by Crippen LogP contribution is 2.30. The van der Waals surface area contributed by atoms with Crippen molar-refractivity contribution in [2.45, 2.75) is 6.18 Å². The molecule has 0 aliphatic heterocycles. The van der Waals surface area contributed by atoms with Gasteiger partial charge < -0.3 is 24.1 Å². The molecule has 4 aromatic rings. The normalized spacial score (nSPS) is 11.5. The summed E-state index contributed by atoms with van der Waals surface area (Å²) in [6, 6.07) is 18.7. The van der Waals surface area contributed by atoms with E-state index in [1.165, 1.54) is 6.07 Å². The molecule has 0 radical (unpaired) electrons. The molecule has 6 nitrogen and oxygen atoms in total. The van der Waals surface area contributed by atoms with Crippen LogP contribution in [0.5, 0.6) is 5.75 Å². The van der Waals surface area contributed by atoms with Crippen molar-refractivity contribution in [1.29, 1.82) is 0 Å². The molecule has 0 aliphatic carbocycles. The number of fused-ring (bicyclic) bond motifs is 1. The number of rotatable bonds is 11. The van der Waals surface area contributed by atoms with Crippen LogP contribution >= 0.6 is 12.4 Å². The van der Waals surface area contributed by atoms with Gasteiger partial charge in [-0.15, -0.1) is 12.4 Å². The summed E-state index contributed by atoms with van der Waals surface area (Å²) in [4.78, 5) is 6.52. The van der Waals surface area contributed by atoms with E-state index in [1.54, 1.807) is 12.1 Å². The van der Waals surface area contributed by atoms with Crippen LogP contribution in [0.3, 0.4) is 0 Å². The molecular formula is C28H29ClF3N3O3. The monoisotopic (exact) mass is 547 g/mol. The summed E-state index contributed by atoms with van der Waals surface area (Å²) in [5, 5.41) is 2.92. The van der Waals surface area contributed by atoms with E-state index < -0.39 is 11.7 Å². The first-order chi connectivity index (χ1) is 17.8. The van der Waals surface area contributed by atoms with Gasteiger partial charge in [-0.2, -0.15) is 13.2 Å². The Balaban J connectivity index is 0.00000400. The topological polar surface area (TPSA) is 59.8 Å². The zero-order chi connectivity index (χ0) is 26.3. The molecule has 202 valence electrons. The predicted octanol–water partition coefficient (Wildman–Crippen LogP) is 7.01.